The fourth-order valence-corrected chi connectivity index (χ4v) is 3.05. The van der Waals surface area contributed by atoms with Crippen LogP contribution in [-0.2, 0) is 4.79 Å². The van der Waals surface area contributed by atoms with Crippen LogP contribution in [0.15, 0.2) is 34.6 Å². The van der Waals surface area contributed by atoms with Gasteiger partial charge in [-0.05, 0) is 30.9 Å². The Morgan fingerprint density at radius 3 is 3.00 bits per heavy atom. The van der Waals surface area contributed by atoms with Crippen molar-refractivity contribution in [3.05, 3.63) is 44.7 Å². The second-order valence-corrected chi connectivity index (χ2v) is 4.97. The van der Waals surface area contributed by atoms with E-state index in [9.17, 15) is 14.9 Å². The Morgan fingerprint density at radius 2 is 2.28 bits per heavy atom. The molecule has 2 atom stereocenters. The Labute approximate surface area is 104 Å². The number of carbonyl (C=O) groups is 1. The lowest BCUT2D eigenvalue weighted by Crippen LogP contribution is -2.37. The highest BCUT2D eigenvalue weighted by molar-refractivity contribution is 5.91. The van der Waals surface area contributed by atoms with Crippen LogP contribution in [0.4, 0.5) is 0 Å². The van der Waals surface area contributed by atoms with Gasteiger partial charge in [0.15, 0.2) is 5.78 Å². The van der Waals surface area contributed by atoms with Gasteiger partial charge in [-0.15, -0.1) is 0 Å². The molecule has 0 amide bonds. The van der Waals surface area contributed by atoms with Gasteiger partial charge in [-0.3, -0.25) is 14.9 Å². The summed E-state index contributed by atoms with van der Waals surface area (Å²) >= 11 is 0. The molecule has 1 aliphatic heterocycles. The minimum atomic E-state index is -0.347. The summed E-state index contributed by atoms with van der Waals surface area (Å²) in [5.41, 5.74) is 2.64. The highest BCUT2D eigenvalue weighted by Gasteiger charge is 2.41. The van der Waals surface area contributed by atoms with E-state index in [2.05, 4.69) is 5.32 Å². The fraction of sp³-hybridized carbons (Fsp3) is 0.462. The van der Waals surface area contributed by atoms with Crippen LogP contribution >= 0.6 is 0 Å². The molecule has 3 aliphatic rings. The fourth-order valence-electron chi connectivity index (χ4n) is 3.05. The normalized spacial score (nSPS) is 30.6. The lowest BCUT2D eigenvalue weighted by molar-refractivity contribution is -0.420. The van der Waals surface area contributed by atoms with Gasteiger partial charge in [-0.1, -0.05) is 6.08 Å². The van der Waals surface area contributed by atoms with E-state index in [0.717, 1.165) is 24.0 Å². The van der Waals surface area contributed by atoms with Gasteiger partial charge in [0.1, 0.15) is 0 Å². The zero-order chi connectivity index (χ0) is 12.9. The van der Waals surface area contributed by atoms with Crippen LogP contribution in [-0.4, -0.2) is 23.3 Å². The lowest BCUT2D eigenvalue weighted by atomic mass is 9.80. The monoisotopic (exact) mass is 246 g/mol. The number of hydrogen-bond donors (Lipinski definition) is 1. The van der Waals surface area contributed by atoms with E-state index in [1.165, 1.54) is 0 Å². The number of hydrogen-bond acceptors (Lipinski definition) is 4. The number of nitro groups is 1. The third-order valence-electron chi connectivity index (χ3n) is 3.96. The van der Waals surface area contributed by atoms with E-state index in [1.807, 2.05) is 13.0 Å². The van der Waals surface area contributed by atoms with E-state index < -0.39 is 0 Å². The number of carbonyl (C=O) groups excluding carboxylic acids is 1. The van der Waals surface area contributed by atoms with Crippen LogP contribution in [0.2, 0.25) is 0 Å². The third kappa shape index (κ3) is 1.47. The van der Waals surface area contributed by atoms with Crippen molar-refractivity contribution >= 4 is 5.78 Å². The third-order valence-corrected chi connectivity index (χ3v) is 3.96. The quantitative estimate of drug-likeness (QED) is 0.560. The predicted molar refractivity (Wildman–Crippen MR) is 65.4 cm³/mol. The van der Waals surface area contributed by atoms with Crippen molar-refractivity contribution in [3.8, 4) is 0 Å². The van der Waals surface area contributed by atoms with Crippen molar-refractivity contribution in [2.24, 2.45) is 5.92 Å². The van der Waals surface area contributed by atoms with Crippen molar-refractivity contribution in [1.82, 2.24) is 5.32 Å². The standard InChI is InChI=1S/C13H14N2O3/c1-7-13(16)9-4-2-3-8-5-11(15(17)18)10(6-14-7)12(8)9/h3,5,7,9,14H,2,4,6H2,1H3. The summed E-state index contributed by atoms with van der Waals surface area (Å²) in [6.45, 7) is 2.24. The van der Waals surface area contributed by atoms with Gasteiger partial charge in [-0.25, -0.2) is 0 Å². The SMILES string of the molecule is CC1NCC2=C3C(=CCCC3C1=O)C=C2[N+](=O)[O-]. The second kappa shape index (κ2) is 3.88. The first-order chi connectivity index (χ1) is 8.59. The van der Waals surface area contributed by atoms with Crippen molar-refractivity contribution in [2.45, 2.75) is 25.8 Å². The van der Waals surface area contributed by atoms with Crippen molar-refractivity contribution in [1.29, 1.82) is 0 Å². The van der Waals surface area contributed by atoms with E-state index in [1.54, 1.807) is 6.08 Å². The summed E-state index contributed by atoms with van der Waals surface area (Å²) in [6, 6.07) is -0.229. The van der Waals surface area contributed by atoms with Crippen LogP contribution in [0.3, 0.4) is 0 Å². The van der Waals surface area contributed by atoms with Gasteiger partial charge < -0.3 is 5.32 Å². The summed E-state index contributed by atoms with van der Waals surface area (Å²) in [5.74, 6) is -0.0118. The first-order valence-electron chi connectivity index (χ1n) is 6.16. The molecule has 0 aromatic carbocycles. The van der Waals surface area contributed by atoms with Crippen LogP contribution in [0.25, 0.3) is 0 Å². The molecular weight excluding hydrogens is 232 g/mol. The molecule has 2 aliphatic carbocycles. The Balaban J connectivity index is 2.14. The zero-order valence-corrected chi connectivity index (χ0v) is 10.1. The smallest absolute Gasteiger partial charge is 0.274 e. The largest absolute Gasteiger partial charge is 0.303 e. The molecule has 2 unspecified atom stereocenters. The highest BCUT2D eigenvalue weighted by atomic mass is 16.6. The maximum Gasteiger partial charge on any atom is 0.274 e. The van der Waals surface area contributed by atoms with Gasteiger partial charge in [0, 0.05) is 24.1 Å². The molecule has 0 saturated heterocycles. The van der Waals surface area contributed by atoms with Crippen molar-refractivity contribution in [3.63, 3.8) is 0 Å². The van der Waals surface area contributed by atoms with Gasteiger partial charge in [0.05, 0.1) is 11.0 Å². The predicted octanol–water partition coefficient (Wildman–Crippen LogP) is 1.35. The molecule has 1 N–H and O–H groups in total. The molecule has 94 valence electrons. The topological polar surface area (TPSA) is 72.2 Å². The molecule has 5 heteroatoms. The molecule has 0 aromatic rings. The molecule has 18 heavy (non-hydrogen) atoms. The van der Waals surface area contributed by atoms with Crippen LogP contribution < -0.4 is 5.32 Å². The molecule has 0 radical (unpaired) electrons. The number of nitrogens with one attached hydrogen (secondary N) is 1. The molecule has 0 spiro atoms. The summed E-state index contributed by atoms with van der Waals surface area (Å²) < 4.78 is 0. The average Bonchev–Trinajstić information content (AvgIpc) is 2.67. The molecule has 0 aromatic heterocycles. The van der Waals surface area contributed by atoms with Crippen molar-refractivity contribution in [2.75, 3.05) is 6.54 Å². The number of rotatable bonds is 1. The summed E-state index contributed by atoms with van der Waals surface area (Å²) in [4.78, 5) is 23.0. The molecule has 0 fully saturated rings. The van der Waals surface area contributed by atoms with Crippen LogP contribution in [0, 0.1) is 16.0 Å². The first-order valence-corrected chi connectivity index (χ1v) is 6.16. The zero-order valence-electron chi connectivity index (χ0n) is 10.1. The van der Waals surface area contributed by atoms with E-state index in [0.29, 0.717) is 12.1 Å². The first kappa shape index (κ1) is 11.3. The van der Waals surface area contributed by atoms with Crippen molar-refractivity contribution < 1.29 is 9.72 Å². The Morgan fingerprint density at radius 1 is 1.50 bits per heavy atom. The summed E-state index contributed by atoms with van der Waals surface area (Å²) in [6.07, 6.45) is 5.20. The molecular formula is C13H14N2O3. The molecule has 0 saturated carbocycles. The molecule has 1 heterocycles. The van der Waals surface area contributed by atoms with E-state index in [-0.39, 0.29) is 28.4 Å². The maximum absolute atomic E-state index is 12.3. The molecule has 3 rings (SSSR count). The highest BCUT2D eigenvalue weighted by Crippen LogP contribution is 2.42. The van der Waals surface area contributed by atoms with Gasteiger partial charge in [0.2, 0.25) is 0 Å². The molecule has 5 nitrogen and oxygen atoms in total. The van der Waals surface area contributed by atoms with E-state index in [4.69, 9.17) is 0 Å². The summed E-state index contributed by atoms with van der Waals surface area (Å²) in [5, 5.41) is 14.2. The van der Waals surface area contributed by atoms with Crippen LogP contribution in [0.5, 0.6) is 0 Å². The van der Waals surface area contributed by atoms with E-state index >= 15 is 0 Å². The Kier molecular flexibility index (Phi) is 2.45. The lowest BCUT2D eigenvalue weighted by Gasteiger charge is -2.22. The van der Waals surface area contributed by atoms with Crippen LogP contribution in [0.1, 0.15) is 19.8 Å². The minimum absolute atomic E-state index is 0.151. The summed E-state index contributed by atoms with van der Waals surface area (Å²) in [7, 11) is 0. The maximum atomic E-state index is 12.3. The van der Waals surface area contributed by atoms with Gasteiger partial charge >= 0.3 is 0 Å². The number of nitrogens with zero attached hydrogens (tertiary/aromatic N) is 1. The number of allylic oxidation sites excluding steroid dienone is 4. The van der Waals surface area contributed by atoms with Gasteiger partial charge in [0.25, 0.3) is 5.70 Å². The molecule has 0 bridgehead atoms. The average molecular weight is 246 g/mol. The minimum Gasteiger partial charge on any atom is -0.303 e. The Hall–Kier alpha value is -1.75. The number of ketones is 1. The Bertz CT molecular complexity index is 542. The second-order valence-electron chi connectivity index (χ2n) is 4.97. The number of Topliss-reactive ketones (excluding diaryl/α,β-unsaturated/α-hetero) is 1. The van der Waals surface area contributed by atoms with Gasteiger partial charge in [-0.2, -0.15) is 0 Å².